The van der Waals surface area contributed by atoms with Crippen LogP contribution in [0.3, 0.4) is 0 Å². The monoisotopic (exact) mass is 319 g/mol. The Hall–Kier alpha value is -1.10. The molecule has 2 atom stereocenters. The molecule has 112 valence electrons. The normalized spacial score (nSPS) is 24.6. The second-order valence-corrected chi connectivity index (χ2v) is 7.93. The second kappa shape index (κ2) is 5.72. The van der Waals surface area contributed by atoms with Gasteiger partial charge in [0.15, 0.2) is 0 Å². The van der Waals surface area contributed by atoms with Crippen LogP contribution in [-0.4, -0.2) is 54.0 Å². The third kappa shape index (κ3) is 3.32. The van der Waals surface area contributed by atoms with E-state index in [2.05, 4.69) is 20.8 Å². The van der Waals surface area contributed by atoms with Crippen molar-refractivity contribution in [3.8, 4) is 0 Å². The number of hydrogen-bond acceptors (Lipinski definition) is 7. The molecule has 0 spiro atoms. The molecule has 1 saturated heterocycles. The lowest BCUT2D eigenvalue weighted by Crippen LogP contribution is -2.55. The minimum absolute atomic E-state index is 0.0799. The number of nitrogens with zero attached hydrogens (tertiary/aromatic N) is 3. The van der Waals surface area contributed by atoms with Crippen molar-refractivity contribution in [1.82, 2.24) is 19.8 Å². The Morgan fingerprint density at radius 1 is 1.35 bits per heavy atom. The van der Waals surface area contributed by atoms with Gasteiger partial charge in [-0.3, -0.25) is 4.79 Å². The molecule has 0 saturated carbocycles. The second-order valence-electron chi connectivity index (χ2n) is 4.85. The summed E-state index contributed by atoms with van der Waals surface area (Å²) in [5.41, 5.74) is 0. The van der Waals surface area contributed by atoms with Crippen molar-refractivity contribution in [3.05, 3.63) is 0 Å². The van der Waals surface area contributed by atoms with Gasteiger partial charge in [0.25, 0.3) is 10.0 Å². The SMILES string of the molecule is CC(=O)Nc1nnc(S(=O)(=O)N2CC(C)NC(C)C2)s1. The van der Waals surface area contributed by atoms with Gasteiger partial charge in [-0.1, -0.05) is 11.3 Å². The van der Waals surface area contributed by atoms with Crippen LogP contribution in [0.15, 0.2) is 4.34 Å². The third-order valence-electron chi connectivity index (χ3n) is 2.77. The topological polar surface area (TPSA) is 104 Å². The minimum Gasteiger partial charge on any atom is -0.309 e. The van der Waals surface area contributed by atoms with Gasteiger partial charge in [0.05, 0.1) is 0 Å². The molecule has 10 heteroatoms. The van der Waals surface area contributed by atoms with Crippen LogP contribution in [0, 0.1) is 0 Å². The number of nitrogens with one attached hydrogen (secondary N) is 2. The van der Waals surface area contributed by atoms with Crippen LogP contribution in [0.5, 0.6) is 0 Å². The lowest BCUT2D eigenvalue weighted by Gasteiger charge is -2.34. The lowest BCUT2D eigenvalue weighted by atomic mass is 10.2. The Balaban J connectivity index is 2.21. The Labute approximate surface area is 121 Å². The van der Waals surface area contributed by atoms with Crippen LogP contribution >= 0.6 is 11.3 Å². The predicted molar refractivity (Wildman–Crippen MR) is 75.0 cm³/mol. The van der Waals surface area contributed by atoms with E-state index in [-0.39, 0.29) is 27.5 Å². The number of aromatic nitrogens is 2. The number of carbonyl (C=O) groups excluding carboxylic acids is 1. The largest absolute Gasteiger partial charge is 0.309 e. The minimum atomic E-state index is -3.66. The highest BCUT2D eigenvalue weighted by atomic mass is 32.2. The molecule has 1 aromatic heterocycles. The van der Waals surface area contributed by atoms with Crippen LogP contribution < -0.4 is 10.6 Å². The number of amides is 1. The zero-order chi connectivity index (χ0) is 14.9. The number of anilines is 1. The molecule has 1 aliphatic rings. The standard InChI is InChI=1S/C10H17N5O3S2/c1-6-4-15(5-7(2)11-6)20(17,18)10-14-13-9(19-10)12-8(3)16/h6-7,11H,4-5H2,1-3H3,(H,12,13,16). The van der Waals surface area contributed by atoms with Crippen molar-refractivity contribution >= 4 is 32.4 Å². The van der Waals surface area contributed by atoms with Crippen LogP contribution in [0.2, 0.25) is 0 Å². The van der Waals surface area contributed by atoms with Gasteiger partial charge < -0.3 is 10.6 Å². The summed E-state index contributed by atoms with van der Waals surface area (Å²) in [6.45, 7) is 5.97. The van der Waals surface area contributed by atoms with Gasteiger partial charge in [-0.15, -0.1) is 10.2 Å². The quantitative estimate of drug-likeness (QED) is 0.752. The molecule has 2 unspecified atom stereocenters. The van der Waals surface area contributed by atoms with E-state index >= 15 is 0 Å². The highest BCUT2D eigenvalue weighted by Crippen LogP contribution is 2.24. The Bertz CT molecular complexity index is 590. The average molecular weight is 319 g/mol. The van der Waals surface area contributed by atoms with Crippen molar-refractivity contribution in [1.29, 1.82) is 0 Å². The molecule has 1 amide bonds. The Morgan fingerprint density at radius 2 is 1.95 bits per heavy atom. The number of carbonyl (C=O) groups is 1. The molecule has 0 bridgehead atoms. The maximum absolute atomic E-state index is 12.5. The fourth-order valence-corrected chi connectivity index (χ4v) is 4.80. The molecule has 0 radical (unpaired) electrons. The molecule has 8 nitrogen and oxygen atoms in total. The highest BCUT2D eigenvalue weighted by Gasteiger charge is 2.33. The molecule has 2 heterocycles. The van der Waals surface area contributed by atoms with Crippen molar-refractivity contribution in [2.75, 3.05) is 18.4 Å². The van der Waals surface area contributed by atoms with Crippen molar-refractivity contribution in [2.45, 2.75) is 37.2 Å². The maximum Gasteiger partial charge on any atom is 0.272 e. The number of piperazine rings is 1. The van der Waals surface area contributed by atoms with E-state index in [0.29, 0.717) is 13.1 Å². The van der Waals surface area contributed by atoms with E-state index in [0.717, 1.165) is 11.3 Å². The summed E-state index contributed by atoms with van der Waals surface area (Å²) in [4.78, 5) is 10.9. The summed E-state index contributed by atoms with van der Waals surface area (Å²) < 4.78 is 26.2. The first-order valence-corrected chi connectivity index (χ1v) is 8.42. The fourth-order valence-electron chi connectivity index (χ4n) is 2.10. The van der Waals surface area contributed by atoms with Crippen molar-refractivity contribution in [3.63, 3.8) is 0 Å². The summed E-state index contributed by atoms with van der Waals surface area (Å²) in [7, 11) is -3.66. The van der Waals surface area contributed by atoms with Gasteiger partial charge in [-0.25, -0.2) is 8.42 Å². The first-order valence-electron chi connectivity index (χ1n) is 6.16. The maximum atomic E-state index is 12.5. The van der Waals surface area contributed by atoms with Crippen molar-refractivity contribution < 1.29 is 13.2 Å². The first kappa shape index (κ1) is 15.3. The summed E-state index contributed by atoms with van der Waals surface area (Å²) in [5.74, 6) is -0.311. The van der Waals surface area contributed by atoms with Gasteiger partial charge in [0.2, 0.25) is 15.4 Å². The summed E-state index contributed by atoms with van der Waals surface area (Å²) in [5, 5.41) is 13.2. The van der Waals surface area contributed by atoms with E-state index in [4.69, 9.17) is 0 Å². The predicted octanol–water partition coefficient (Wildman–Crippen LogP) is -0.133. The van der Waals surface area contributed by atoms with Gasteiger partial charge >= 0.3 is 0 Å². The van der Waals surface area contributed by atoms with E-state index in [1.807, 2.05) is 13.8 Å². The van der Waals surface area contributed by atoms with E-state index in [1.54, 1.807) is 0 Å². The van der Waals surface area contributed by atoms with E-state index in [9.17, 15) is 13.2 Å². The van der Waals surface area contributed by atoms with Crippen LogP contribution in [-0.2, 0) is 14.8 Å². The average Bonchev–Trinajstić information content (AvgIpc) is 2.75. The highest BCUT2D eigenvalue weighted by molar-refractivity contribution is 7.91. The van der Waals surface area contributed by atoms with Crippen LogP contribution in [0.4, 0.5) is 5.13 Å². The Morgan fingerprint density at radius 3 is 2.50 bits per heavy atom. The molecule has 1 fully saturated rings. The zero-order valence-corrected chi connectivity index (χ0v) is 13.1. The smallest absolute Gasteiger partial charge is 0.272 e. The van der Waals surface area contributed by atoms with Gasteiger partial charge in [0, 0.05) is 32.1 Å². The number of rotatable bonds is 3. The van der Waals surface area contributed by atoms with Crippen LogP contribution in [0.1, 0.15) is 20.8 Å². The molecule has 1 aliphatic heterocycles. The fraction of sp³-hybridized carbons (Fsp3) is 0.700. The zero-order valence-electron chi connectivity index (χ0n) is 11.5. The molecule has 0 aromatic carbocycles. The summed E-state index contributed by atoms with van der Waals surface area (Å²) >= 11 is 0.860. The molecule has 2 rings (SSSR count). The van der Waals surface area contributed by atoms with Crippen LogP contribution in [0.25, 0.3) is 0 Å². The lowest BCUT2D eigenvalue weighted by molar-refractivity contribution is -0.114. The van der Waals surface area contributed by atoms with Gasteiger partial charge in [0.1, 0.15) is 0 Å². The van der Waals surface area contributed by atoms with Crippen molar-refractivity contribution in [2.24, 2.45) is 0 Å². The molecule has 2 N–H and O–H groups in total. The molecule has 0 aliphatic carbocycles. The summed E-state index contributed by atoms with van der Waals surface area (Å²) in [6, 6.07) is 0.160. The molecular weight excluding hydrogens is 302 g/mol. The summed E-state index contributed by atoms with van der Waals surface area (Å²) in [6.07, 6.45) is 0. The first-order chi connectivity index (χ1) is 9.29. The van der Waals surface area contributed by atoms with E-state index < -0.39 is 10.0 Å². The molecular formula is C10H17N5O3S2. The molecule has 20 heavy (non-hydrogen) atoms. The van der Waals surface area contributed by atoms with E-state index in [1.165, 1.54) is 11.2 Å². The number of hydrogen-bond donors (Lipinski definition) is 2. The molecule has 1 aromatic rings. The number of sulfonamides is 1. The Kier molecular flexibility index (Phi) is 4.37. The van der Waals surface area contributed by atoms with Gasteiger partial charge in [-0.05, 0) is 13.8 Å². The third-order valence-corrected chi connectivity index (χ3v) is 5.79. The van der Waals surface area contributed by atoms with Gasteiger partial charge in [-0.2, -0.15) is 4.31 Å².